The van der Waals surface area contributed by atoms with Gasteiger partial charge in [-0.1, -0.05) is 12.1 Å². The predicted octanol–water partition coefficient (Wildman–Crippen LogP) is 0.999. The van der Waals surface area contributed by atoms with Gasteiger partial charge in [0, 0.05) is 7.05 Å². The number of fused-ring (bicyclic) bond motifs is 1. The van der Waals surface area contributed by atoms with Gasteiger partial charge < -0.3 is 5.32 Å². The minimum Gasteiger partial charge on any atom is -0.370 e. The van der Waals surface area contributed by atoms with Gasteiger partial charge in [-0.3, -0.25) is 0 Å². The number of hydrogen-bond donors (Lipinski definition) is 1. The van der Waals surface area contributed by atoms with Crippen molar-refractivity contribution in [3.63, 3.8) is 0 Å². The molecule has 4 nitrogen and oxygen atoms in total. The summed E-state index contributed by atoms with van der Waals surface area (Å²) in [5.74, 6) is 0. The second-order valence-corrected chi connectivity index (χ2v) is 5.40. The van der Waals surface area contributed by atoms with Crippen molar-refractivity contribution in [2.24, 2.45) is 0 Å². The van der Waals surface area contributed by atoms with E-state index in [4.69, 9.17) is 0 Å². The molecule has 0 saturated heterocycles. The summed E-state index contributed by atoms with van der Waals surface area (Å²) < 4.78 is 25.0. The molecule has 0 unspecified atom stereocenters. The van der Waals surface area contributed by atoms with Crippen LogP contribution in [-0.4, -0.2) is 26.4 Å². The highest BCUT2D eigenvalue weighted by atomic mass is 32.2. The van der Waals surface area contributed by atoms with E-state index in [9.17, 15) is 8.42 Å². The third-order valence-corrected chi connectivity index (χ3v) is 4.25. The highest BCUT2D eigenvalue weighted by Gasteiger charge is 2.28. The average Bonchev–Trinajstić information content (AvgIpc) is 2.13. The molecule has 1 N–H and O–H groups in total. The maximum Gasteiger partial charge on any atom is 0.246 e. The van der Waals surface area contributed by atoms with Crippen LogP contribution in [0.2, 0.25) is 0 Å². The summed E-state index contributed by atoms with van der Waals surface area (Å²) in [7, 11) is -1.71. The first-order chi connectivity index (χ1) is 6.53. The van der Waals surface area contributed by atoms with Gasteiger partial charge in [-0.2, -0.15) is 4.31 Å². The van der Waals surface area contributed by atoms with E-state index >= 15 is 0 Å². The van der Waals surface area contributed by atoms with E-state index in [2.05, 4.69) is 5.32 Å². The van der Waals surface area contributed by atoms with E-state index in [0.717, 1.165) is 11.3 Å². The van der Waals surface area contributed by atoms with Crippen molar-refractivity contribution in [2.75, 3.05) is 19.0 Å². The van der Waals surface area contributed by atoms with E-state index in [1.165, 1.54) is 4.31 Å². The normalized spacial score (nSPS) is 19.9. The third-order valence-electron chi connectivity index (χ3n) is 2.40. The summed E-state index contributed by atoms with van der Waals surface area (Å²) >= 11 is 0. The smallest absolute Gasteiger partial charge is 0.246 e. The Labute approximate surface area is 83.6 Å². The summed E-state index contributed by atoms with van der Waals surface area (Å²) in [6.45, 7) is 2.23. The number of anilines is 1. The second kappa shape index (κ2) is 2.96. The number of aryl methyl sites for hydroxylation is 1. The number of rotatable bonds is 0. The Morgan fingerprint density at radius 2 is 2.14 bits per heavy atom. The van der Waals surface area contributed by atoms with Crippen molar-refractivity contribution >= 4 is 15.7 Å². The predicted molar refractivity (Wildman–Crippen MR) is 54.6 cm³/mol. The fourth-order valence-electron chi connectivity index (χ4n) is 1.53. The van der Waals surface area contributed by atoms with Crippen molar-refractivity contribution in [2.45, 2.75) is 11.8 Å². The number of nitrogens with one attached hydrogen (secondary N) is 1. The Morgan fingerprint density at radius 1 is 1.43 bits per heavy atom. The molecular weight excluding hydrogens is 200 g/mol. The maximum absolute atomic E-state index is 11.8. The van der Waals surface area contributed by atoms with Crippen LogP contribution in [0.5, 0.6) is 0 Å². The fraction of sp³-hybridized carbons (Fsp3) is 0.333. The number of hydrogen-bond acceptors (Lipinski definition) is 3. The first kappa shape index (κ1) is 9.48. The summed E-state index contributed by atoms with van der Waals surface area (Å²) in [6, 6.07) is 5.28. The molecule has 1 heterocycles. The van der Waals surface area contributed by atoms with Gasteiger partial charge in [0.2, 0.25) is 10.0 Å². The summed E-state index contributed by atoms with van der Waals surface area (Å²) in [5, 5.41) is 3.08. The molecule has 0 radical (unpaired) electrons. The first-order valence-electron chi connectivity index (χ1n) is 4.33. The number of para-hydroxylation sites is 1. The Hall–Kier alpha value is -1.07. The molecular formula is C9H12N2O2S. The SMILES string of the molecule is Cc1cccc2c1NCN(C)S2(=O)=O. The summed E-state index contributed by atoms with van der Waals surface area (Å²) in [4.78, 5) is 0.367. The highest BCUT2D eigenvalue weighted by molar-refractivity contribution is 7.89. The first-order valence-corrected chi connectivity index (χ1v) is 5.77. The van der Waals surface area contributed by atoms with Crippen LogP contribution < -0.4 is 5.32 Å². The highest BCUT2D eigenvalue weighted by Crippen LogP contribution is 2.30. The number of benzene rings is 1. The molecule has 0 aliphatic carbocycles. The van der Waals surface area contributed by atoms with E-state index < -0.39 is 10.0 Å². The van der Waals surface area contributed by atoms with Crippen LogP contribution >= 0.6 is 0 Å². The zero-order valence-corrected chi connectivity index (χ0v) is 8.93. The van der Waals surface area contributed by atoms with Gasteiger partial charge >= 0.3 is 0 Å². The molecule has 0 spiro atoms. The Kier molecular flexibility index (Phi) is 2.01. The van der Waals surface area contributed by atoms with Crippen molar-refractivity contribution < 1.29 is 8.42 Å². The molecule has 0 fully saturated rings. The van der Waals surface area contributed by atoms with Crippen LogP contribution in [0.15, 0.2) is 23.1 Å². The topological polar surface area (TPSA) is 49.4 Å². The zero-order valence-electron chi connectivity index (χ0n) is 8.11. The van der Waals surface area contributed by atoms with Gasteiger partial charge in [0.15, 0.2) is 0 Å². The molecule has 1 aromatic carbocycles. The van der Waals surface area contributed by atoms with Crippen LogP contribution in [0, 0.1) is 6.92 Å². The lowest BCUT2D eigenvalue weighted by molar-refractivity contribution is 0.482. The number of nitrogens with zero attached hydrogens (tertiary/aromatic N) is 1. The van der Waals surface area contributed by atoms with Gasteiger partial charge in [0.25, 0.3) is 0 Å². The van der Waals surface area contributed by atoms with Crippen LogP contribution in [0.25, 0.3) is 0 Å². The van der Waals surface area contributed by atoms with Crippen molar-refractivity contribution in [3.05, 3.63) is 23.8 Å². The van der Waals surface area contributed by atoms with Crippen LogP contribution in [-0.2, 0) is 10.0 Å². The zero-order chi connectivity index (χ0) is 10.3. The van der Waals surface area contributed by atoms with Crippen LogP contribution in [0.1, 0.15) is 5.56 Å². The molecule has 76 valence electrons. The lowest BCUT2D eigenvalue weighted by Gasteiger charge is -2.27. The third kappa shape index (κ3) is 1.20. The standard InChI is InChI=1S/C9H12N2O2S/c1-7-4-3-5-8-9(7)10-6-11(2)14(8,12)13/h3-5,10H,6H2,1-2H3. The molecule has 0 aromatic heterocycles. The molecule has 0 amide bonds. The van der Waals surface area contributed by atoms with Crippen LogP contribution in [0.3, 0.4) is 0 Å². The van der Waals surface area contributed by atoms with Crippen molar-refractivity contribution in [1.29, 1.82) is 0 Å². The second-order valence-electron chi connectivity index (χ2n) is 3.39. The molecule has 1 aromatic rings. The lowest BCUT2D eigenvalue weighted by atomic mass is 10.2. The molecule has 5 heteroatoms. The molecule has 1 aliphatic rings. The average molecular weight is 212 g/mol. The van der Waals surface area contributed by atoms with Gasteiger partial charge in [-0.15, -0.1) is 0 Å². The van der Waals surface area contributed by atoms with Gasteiger partial charge in [-0.25, -0.2) is 8.42 Å². The number of sulfonamides is 1. The summed E-state index contributed by atoms with van der Waals surface area (Å²) in [5.41, 5.74) is 1.68. The van der Waals surface area contributed by atoms with Gasteiger partial charge in [-0.05, 0) is 18.6 Å². The molecule has 0 bridgehead atoms. The summed E-state index contributed by atoms with van der Waals surface area (Å²) in [6.07, 6.45) is 0. The van der Waals surface area contributed by atoms with Crippen LogP contribution in [0.4, 0.5) is 5.69 Å². The molecule has 2 rings (SSSR count). The van der Waals surface area contributed by atoms with Crippen molar-refractivity contribution in [3.8, 4) is 0 Å². The van der Waals surface area contributed by atoms with E-state index in [0.29, 0.717) is 11.6 Å². The Morgan fingerprint density at radius 3 is 2.86 bits per heavy atom. The molecule has 0 atom stereocenters. The lowest BCUT2D eigenvalue weighted by Crippen LogP contribution is -2.36. The van der Waals surface area contributed by atoms with Gasteiger partial charge in [0.1, 0.15) is 4.90 Å². The maximum atomic E-state index is 11.8. The van der Waals surface area contributed by atoms with Gasteiger partial charge in [0.05, 0.1) is 12.4 Å². The molecule has 0 saturated carbocycles. The van der Waals surface area contributed by atoms with E-state index in [1.807, 2.05) is 13.0 Å². The minimum absolute atomic E-state index is 0.334. The van der Waals surface area contributed by atoms with E-state index in [1.54, 1.807) is 19.2 Å². The molecule has 14 heavy (non-hydrogen) atoms. The van der Waals surface area contributed by atoms with Crippen molar-refractivity contribution in [1.82, 2.24) is 4.31 Å². The van der Waals surface area contributed by atoms with E-state index in [-0.39, 0.29) is 0 Å². The Bertz CT molecular complexity index is 468. The quantitative estimate of drug-likeness (QED) is 0.698. The Balaban J connectivity index is 2.71. The monoisotopic (exact) mass is 212 g/mol. The molecule has 1 aliphatic heterocycles. The largest absolute Gasteiger partial charge is 0.370 e. The minimum atomic E-state index is -3.27. The fourth-order valence-corrected chi connectivity index (χ4v) is 2.84.